The number of carbonyl (C=O) groups excluding carboxylic acids is 2. The summed E-state index contributed by atoms with van der Waals surface area (Å²) in [5.74, 6) is -1.13. The Labute approximate surface area is 249 Å². The summed E-state index contributed by atoms with van der Waals surface area (Å²) in [5, 5.41) is 14.7. The second kappa shape index (κ2) is 13.8. The molecule has 0 aliphatic rings. The summed E-state index contributed by atoms with van der Waals surface area (Å²) < 4.78 is 26.4. The zero-order valence-electron chi connectivity index (χ0n) is 22.7. The van der Waals surface area contributed by atoms with Gasteiger partial charge in [-0.25, -0.2) is 8.42 Å². The minimum absolute atomic E-state index is 0.0595. The molecule has 0 fully saturated rings. The van der Waals surface area contributed by atoms with Crippen LogP contribution in [-0.2, 0) is 32.6 Å². The lowest BCUT2D eigenvalue weighted by atomic mass is 10.0. The normalized spacial score (nSPS) is 12.0. The number of nitro benzene ring substituents is 1. The summed E-state index contributed by atoms with van der Waals surface area (Å²) in [6.45, 7) is 2.78. The van der Waals surface area contributed by atoms with E-state index in [9.17, 15) is 28.1 Å². The van der Waals surface area contributed by atoms with E-state index in [0.717, 1.165) is 22.2 Å². The first-order valence-corrected chi connectivity index (χ1v) is 15.2. The van der Waals surface area contributed by atoms with Gasteiger partial charge in [-0.05, 0) is 43.2 Å². The highest BCUT2D eigenvalue weighted by molar-refractivity contribution is 7.92. The number of nitrogens with one attached hydrogen (secondary N) is 1. The maximum atomic E-state index is 14.0. The lowest BCUT2D eigenvalue weighted by Gasteiger charge is -2.34. The van der Waals surface area contributed by atoms with Gasteiger partial charge in [0.05, 0.1) is 26.9 Å². The average Bonchev–Trinajstić information content (AvgIpc) is 2.90. The number of hydrogen-bond donors (Lipinski definition) is 1. The highest BCUT2D eigenvalue weighted by atomic mass is 35.5. The van der Waals surface area contributed by atoms with E-state index in [2.05, 4.69) is 5.32 Å². The summed E-state index contributed by atoms with van der Waals surface area (Å²) in [5.41, 5.74) is 0.941. The van der Waals surface area contributed by atoms with Crippen LogP contribution in [0.4, 0.5) is 11.4 Å². The SMILES string of the molecule is CC(C)NC(=O)[C@H](Cc1ccccc1)N(Cc1ccc(Cl)c(Cl)c1)C(=O)CN(c1cccc([N+](=O)[O-])c1)S(C)(=O)=O. The Morgan fingerprint density at radius 3 is 2.22 bits per heavy atom. The summed E-state index contributed by atoms with van der Waals surface area (Å²) in [6.07, 6.45) is 1.04. The number of sulfonamides is 1. The maximum absolute atomic E-state index is 14.0. The quantitative estimate of drug-likeness (QED) is 0.228. The van der Waals surface area contributed by atoms with Crippen LogP contribution in [0.1, 0.15) is 25.0 Å². The molecule has 1 atom stereocenters. The van der Waals surface area contributed by atoms with Gasteiger partial charge in [0.15, 0.2) is 0 Å². The van der Waals surface area contributed by atoms with Crippen LogP contribution in [-0.4, -0.2) is 54.9 Å². The number of carbonyl (C=O) groups is 2. The van der Waals surface area contributed by atoms with Crippen LogP contribution in [0, 0.1) is 10.1 Å². The molecule has 0 bridgehead atoms. The van der Waals surface area contributed by atoms with Crippen LogP contribution < -0.4 is 9.62 Å². The van der Waals surface area contributed by atoms with E-state index in [0.29, 0.717) is 10.6 Å². The van der Waals surface area contributed by atoms with Gasteiger partial charge in [-0.15, -0.1) is 0 Å². The van der Waals surface area contributed by atoms with E-state index in [-0.39, 0.29) is 35.4 Å². The zero-order valence-corrected chi connectivity index (χ0v) is 25.0. The van der Waals surface area contributed by atoms with Crippen molar-refractivity contribution in [2.75, 3.05) is 17.1 Å². The van der Waals surface area contributed by atoms with Crippen molar-refractivity contribution in [1.29, 1.82) is 0 Å². The van der Waals surface area contributed by atoms with Gasteiger partial charge in [0.1, 0.15) is 12.6 Å². The van der Waals surface area contributed by atoms with Gasteiger partial charge in [-0.2, -0.15) is 0 Å². The molecule has 0 aromatic heterocycles. The number of nitro groups is 1. The molecule has 0 saturated heterocycles. The lowest BCUT2D eigenvalue weighted by molar-refractivity contribution is -0.384. The van der Waals surface area contributed by atoms with Crippen LogP contribution in [0.2, 0.25) is 10.0 Å². The number of hydrogen-bond acceptors (Lipinski definition) is 6. The van der Waals surface area contributed by atoms with Crippen molar-refractivity contribution in [2.45, 2.75) is 38.9 Å². The zero-order chi connectivity index (χ0) is 30.3. The highest BCUT2D eigenvalue weighted by Crippen LogP contribution is 2.26. The number of rotatable bonds is 12. The van der Waals surface area contributed by atoms with E-state index in [1.54, 1.807) is 32.0 Å². The lowest BCUT2D eigenvalue weighted by Crippen LogP contribution is -2.54. The van der Waals surface area contributed by atoms with Crippen molar-refractivity contribution in [3.63, 3.8) is 0 Å². The molecule has 3 rings (SSSR count). The fourth-order valence-electron chi connectivity index (χ4n) is 4.14. The molecule has 0 aliphatic carbocycles. The Morgan fingerprint density at radius 2 is 1.63 bits per heavy atom. The predicted octanol–water partition coefficient (Wildman–Crippen LogP) is 4.83. The van der Waals surface area contributed by atoms with Crippen LogP contribution in [0.3, 0.4) is 0 Å². The van der Waals surface area contributed by atoms with Crippen LogP contribution >= 0.6 is 23.2 Å². The van der Waals surface area contributed by atoms with Crippen molar-refractivity contribution < 1.29 is 22.9 Å². The number of amides is 2. The van der Waals surface area contributed by atoms with Gasteiger partial charge >= 0.3 is 0 Å². The van der Waals surface area contributed by atoms with Gasteiger partial charge in [-0.1, -0.05) is 65.7 Å². The Hall–Kier alpha value is -3.67. The van der Waals surface area contributed by atoms with Crippen molar-refractivity contribution in [3.8, 4) is 0 Å². The topological polar surface area (TPSA) is 130 Å². The average molecular weight is 622 g/mol. The van der Waals surface area contributed by atoms with E-state index in [1.165, 1.54) is 23.1 Å². The second-order valence-corrected chi connectivity index (χ2v) is 12.4. The monoisotopic (exact) mass is 620 g/mol. The summed E-state index contributed by atoms with van der Waals surface area (Å²) in [7, 11) is -4.07. The standard InChI is InChI=1S/C28H30Cl2N4O6S/c1-19(2)31-28(36)26(15-20-8-5-4-6-9-20)32(17-21-12-13-24(29)25(30)14-21)27(35)18-33(41(3,39)40)22-10-7-11-23(16-22)34(37)38/h4-14,16,19,26H,15,17-18H2,1-3H3,(H,31,36)/t26-/m0/s1. The Balaban J connectivity index is 2.09. The van der Waals surface area contributed by atoms with Gasteiger partial charge in [0.2, 0.25) is 21.8 Å². The molecule has 41 heavy (non-hydrogen) atoms. The number of anilines is 1. The Morgan fingerprint density at radius 1 is 0.951 bits per heavy atom. The molecule has 10 nitrogen and oxygen atoms in total. The van der Waals surface area contributed by atoms with E-state index >= 15 is 0 Å². The first kappa shape index (κ1) is 31.9. The van der Waals surface area contributed by atoms with E-state index in [4.69, 9.17) is 23.2 Å². The third-order valence-corrected chi connectivity index (χ3v) is 7.93. The first-order valence-electron chi connectivity index (χ1n) is 12.6. The fraction of sp³-hybridized carbons (Fsp3) is 0.286. The number of benzene rings is 3. The number of halogens is 2. The molecule has 0 spiro atoms. The third-order valence-electron chi connectivity index (χ3n) is 6.05. The highest BCUT2D eigenvalue weighted by Gasteiger charge is 2.33. The molecule has 0 radical (unpaired) electrons. The second-order valence-electron chi connectivity index (χ2n) is 9.69. The maximum Gasteiger partial charge on any atom is 0.271 e. The smallest absolute Gasteiger partial charge is 0.271 e. The summed E-state index contributed by atoms with van der Waals surface area (Å²) in [4.78, 5) is 39.5. The molecular formula is C28H30Cl2N4O6S. The molecule has 3 aromatic rings. The summed E-state index contributed by atoms with van der Waals surface area (Å²) >= 11 is 12.3. The van der Waals surface area contributed by atoms with Crippen molar-refractivity contribution >= 4 is 56.4 Å². The largest absolute Gasteiger partial charge is 0.352 e. The molecule has 0 aliphatic heterocycles. The number of non-ortho nitro benzene ring substituents is 1. The Kier molecular flexibility index (Phi) is 10.7. The van der Waals surface area contributed by atoms with Crippen molar-refractivity contribution in [1.82, 2.24) is 10.2 Å². The molecule has 3 aromatic carbocycles. The van der Waals surface area contributed by atoms with E-state index in [1.807, 2.05) is 30.3 Å². The molecular weight excluding hydrogens is 591 g/mol. The number of nitrogens with zero attached hydrogens (tertiary/aromatic N) is 3. The van der Waals surface area contributed by atoms with Crippen molar-refractivity contribution in [2.24, 2.45) is 0 Å². The van der Waals surface area contributed by atoms with Gasteiger partial charge < -0.3 is 10.2 Å². The molecule has 13 heteroatoms. The minimum atomic E-state index is -4.07. The molecule has 0 heterocycles. The third kappa shape index (κ3) is 8.91. The Bertz CT molecular complexity index is 1520. The first-order chi connectivity index (χ1) is 19.3. The van der Waals surface area contributed by atoms with Crippen LogP contribution in [0.15, 0.2) is 72.8 Å². The molecule has 218 valence electrons. The van der Waals surface area contributed by atoms with Crippen molar-refractivity contribution in [3.05, 3.63) is 104 Å². The van der Waals surface area contributed by atoms with Gasteiger partial charge in [0.25, 0.3) is 5.69 Å². The van der Waals surface area contributed by atoms with Crippen LogP contribution in [0.5, 0.6) is 0 Å². The predicted molar refractivity (Wildman–Crippen MR) is 160 cm³/mol. The molecule has 0 saturated carbocycles. The van der Waals surface area contributed by atoms with E-state index < -0.39 is 39.3 Å². The summed E-state index contributed by atoms with van der Waals surface area (Å²) in [6, 6.07) is 17.6. The fourth-order valence-corrected chi connectivity index (χ4v) is 5.31. The molecule has 1 N–H and O–H groups in total. The van der Waals surface area contributed by atoms with Crippen LogP contribution in [0.25, 0.3) is 0 Å². The molecule has 2 amide bonds. The minimum Gasteiger partial charge on any atom is -0.352 e. The van der Waals surface area contributed by atoms with Gasteiger partial charge in [-0.3, -0.25) is 24.0 Å². The molecule has 0 unspecified atom stereocenters. The van der Waals surface area contributed by atoms with Gasteiger partial charge in [0, 0.05) is 31.1 Å².